The second-order valence-corrected chi connectivity index (χ2v) is 3.56. The highest BCUT2D eigenvalue weighted by atomic mass is 16.5. The van der Waals surface area contributed by atoms with E-state index in [1.807, 2.05) is 20.8 Å². The highest BCUT2D eigenvalue weighted by Gasteiger charge is 2.07. The van der Waals surface area contributed by atoms with Crippen molar-refractivity contribution < 1.29 is 9.47 Å². The molecule has 1 heterocycles. The Labute approximate surface area is 96.0 Å². The summed E-state index contributed by atoms with van der Waals surface area (Å²) in [6.07, 6.45) is 1.65. The van der Waals surface area contributed by atoms with Crippen molar-refractivity contribution in [3.05, 3.63) is 17.5 Å². The van der Waals surface area contributed by atoms with Gasteiger partial charge in [0.2, 0.25) is 0 Å². The maximum atomic E-state index is 5.53. The van der Waals surface area contributed by atoms with Crippen LogP contribution in [0.3, 0.4) is 0 Å². The van der Waals surface area contributed by atoms with E-state index < -0.39 is 0 Å². The number of nitrogens with zero attached hydrogens (tertiary/aromatic N) is 2. The second-order valence-electron chi connectivity index (χ2n) is 3.56. The van der Waals surface area contributed by atoms with Crippen molar-refractivity contribution >= 4 is 0 Å². The summed E-state index contributed by atoms with van der Waals surface area (Å²) in [7, 11) is 0. The average molecular weight is 225 g/mol. The van der Waals surface area contributed by atoms with Crippen LogP contribution in [-0.2, 0) is 11.3 Å². The first kappa shape index (κ1) is 12.9. The van der Waals surface area contributed by atoms with Crippen molar-refractivity contribution in [2.75, 3.05) is 13.2 Å². The number of ether oxygens (including phenoxy) is 2. The fourth-order valence-electron chi connectivity index (χ4n) is 1.23. The summed E-state index contributed by atoms with van der Waals surface area (Å²) in [4.78, 5) is 8.31. The average Bonchev–Trinajstić information content (AvgIpc) is 2.26. The quantitative estimate of drug-likeness (QED) is 0.783. The molecule has 0 aliphatic rings. The predicted molar refractivity (Wildman–Crippen MR) is 61.2 cm³/mol. The molecule has 0 saturated carbocycles. The normalized spacial score (nSPS) is 12.5. The molecule has 0 aromatic carbocycles. The molecular formula is C11H19N3O2. The SMILES string of the molecule is CCOCC(C)Oc1ncc(CN)c(C)n1. The standard InChI is InChI=1S/C11H19N3O2/c1-4-15-7-8(2)16-11-13-6-10(5-12)9(3)14-11/h6,8H,4-5,7,12H2,1-3H3. The molecule has 0 aliphatic heterocycles. The van der Waals surface area contributed by atoms with Crippen molar-refractivity contribution in [2.24, 2.45) is 5.73 Å². The van der Waals surface area contributed by atoms with Crippen molar-refractivity contribution in [2.45, 2.75) is 33.4 Å². The molecule has 5 nitrogen and oxygen atoms in total. The lowest BCUT2D eigenvalue weighted by Gasteiger charge is -2.13. The molecule has 0 radical (unpaired) electrons. The van der Waals surface area contributed by atoms with Crippen LogP contribution in [0.1, 0.15) is 25.1 Å². The third-order valence-corrected chi connectivity index (χ3v) is 2.14. The molecule has 0 aliphatic carbocycles. The monoisotopic (exact) mass is 225 g/mol. The summed E-state index contributed by atoms with van der Waals surface area (Å²) in [5.41, 5.74) is 7.32. The number of hydrogen-bond acceptors (Lipinski definition) is 5. The molecule has 1 unspecified atom stereocenters. The maximum Gasteiger partial charge on any atom is 0.316 e. The number of rotatable bonds is 6. The first-order valence-electron chi connectivity index (χ1n) is 5.44. The van der Waals surface area contributed by atoms with Crippen LogP contribution in [0.4, 0.5) is 0 Å². The minimum absolute atomic E-state index is 0.0527. The van der Waals surface area contributed by atoms with Gasteiger partial charge in [-0.3, -0.25) is 0 Å². The Morgan fingerprint density at radius 2 is 2.25 bits per heavy atom. The predicted octanol–water partition coefficient (Wildman–Crippen LogP) is 1.05. The van der Waals surface area contributed by atoms with Crippen LogP contribution >= 0.6 is 0 Å². The molecule has 0 saturated heterocycles. The maximum absolute atomic E-state index is 5.53. The van der Waals surface area contributed by atoms with Crippen molar-refractivity contribution in [3.8, 4) is 6.01 Å². The van der Waals surface area contributed by atoms with Crippen LogP contribution in [0.25, 0.3) is 0 Å². The summed E-state index contributed by atoms with van der Waals surface area (Å²) in [6.45, 7) is 7.43. The summed E-state index contributed by atoms with van der Waals surface area (Å²) >= 11 is 0. The van der Waals surface area contributed by atoms with Crippen LogP contribution in [0.15, 0.2) is 6.20 Å². The van der Waals surface area contributed by atoms with Crippen LogP contribution in [0.2, 0.25) is 0 Å². The van der Waals surface area contributed by atoms with Gasteiger partial charge in [0.25, 0.3) is 0 Å². The minimum Gasteiger partial charge on any atom is -0.458 e. The Morgan fingerprint density at radius 1 is 1.50 bits per heavy atom. The number of aromatic nitrogens is 2. The molecule has 90 valence electrons. The van der Waals surface area contributed by atoms with Gasteiger partial charge in [-0.2, -0.15) is 0 Å². The lowest BCUT2D eigenvalue weighted by molar-refractivity contribution is 0.0606. The van der Waals surface area contributed by atoms with Gasteiger partial charge in [0.15, 0.2) is 0 Å². The molecule has 0 fully saturated rings. The van der Waals surface area contributed by atoms with Gasteiger partial charge in [0.1, 0.15) is 6.10 Å². The van der Waals surface area contributed by atoms with E-state index >= 15 is 0 Å². The molecule has 1 atom stereocenters. The van der Waals surface area contributed by atoms with E-state index in [1.54, 1.807) is 6.20 Å². The summed E-state index contributed by atoms with van der Waals surface area (Å²) < 4.78 is 10.8. The van der Waals surface area contributed by atoms with Gasteiger partial charge in [-0.05, 0) is 20.8 Å². The topological polar surface area (TPSA) is 70.3 Å². The zero-order chi connectivity index (χ0) is 12.0. The van der Waals surface area contributed by atoms with Crippen molar-refractivity contribution in [3.63, 3.8) is 0 Å². The molecular weight excluding hydrogens is 206 g/mol. The second kappa shape index (κ2) is 6.40. The first-order valence-corrected chi connectivity index (χ1v) is 5.44. The molecule has 1 aromatic rings. The fourth-order valence-corrected chi connectivity index (χ4v) is 1.23. The van der Waals surface area contributed by atoms with E-state index in [0.29, 0.717) is 25.8 Å². The lowest BCUT2D eigenvalue weighted by Crippen LogP contribution is -2.20. The number of hydrogen-bond donors (Lipinski definition) is 1. The Bertz CT molecular complexity index is 331. The minimum atomic E-state index is -0.0527. The smallest absolute Gasteiger partial charge is 0.316 e. The van der Waals surface area contributed by atoms with E-state index in [1.165, 1.54) is 0 Å². The van der Waals surface area contributed by atoms with E-state index in [4.69, 9.17) is 15.2 Å². The Balaban J connectivity index is 2.57. The van der Waals surface area contributed by atoms with Crippen molar-refractivity contribution in [1.82, 2.24) is 9.97 Å². The van der Waals surface area contributed by atoms with E-state index in [0.717, 1.165) is 11.3 Å². The summed E-state index contributed by atoms with van der Waals surface area (Å²) in [5.74, 6) is 0. The molecule has 0 spiro atoms. The zero-order valence-corrected chi connectivity index (χ0v) is 10.1. The van der Waals surface area contributed by atoms with E-state index in [9.17, 15) is 0 Å². The van der Waals surface area contributed by atoms with Crippen molar-refractivity contribution in [1.29, 1.82) is 0 Å². The number of nitrogens with two attached hydrogens (primary N) is 1. The van der Waals surface area contributed by atoms with Crippen LogP contribution in [-0.4, -0.2) is 29.3 Å². The zero-order valence-electron chi connectivity index (χ0n) is 10.1. The highest BCUT2D eigenvalue weighted by molar-refractivity contribution is 5.17. The molecule has 5 heteroatoms. The molecule has 2 N–H and O–H groups in total. The van der Waals surface area contributed by atoms with Crippen LogP contribution < -0.4 is 10.5 Å². The fraction of sp³-hybridized carbons (Fsp3) is 0.636. The first-order chi connectivity index (χ1) is 7.67. The van der Waals surface area contributed by atoms with Gasteiger partial charge < -0.3 is 15.2 Å². The Morgan fingerprint density at radius 3 is 2.81 bits per heavy atom. The largest absolute Gasteiger partial charge is 0.458 e. The van der Waals surface area contributed by atoms with E-state index in [2.05, 4.69) is 9.97 Å². The van der Waals surface area contributed by atoms with Gasteiger partial charge in [0, 0.05) is 30.6 Å². The van der Waals surface area contributed by atoms with E-state index in [-0.39, 0.29) is 6.10 Å². The van der Waals surface area contributed by atoms with Gasteiger partial charge >= 0.3 is 6.01 Å². The molecule has 1 aromatic heterocycles. The van der Waals surface area contributed by atoms with Crippen LogP contribution in [0.5, 0.6) is 6.01 Å². The lowest BCUT2D eigenvalue weighted by atomic mass is 10.2. The third kappa shape index (κ3) is 3.75. The van der Waals surface area contributed by atoms with Gasteiger partial charge in [-0.15, -0.1) is 0 Å². The highest BCUT2D eigenvalue weighted by Crippen LogP contribution is 2.09. The third-order valence-electron chi connectivity index (χ3n) is 2.14. The molecule has 1 rings (SSSR count). The van der Waals surface area contributed by atoms with Gasteiger partial charge in [-0.1, -0.05) is 0 Å². The van der Waals surface area contributed by atoms with Crippen LogP contribution in [0, 0.1) is 6.92 Å². The molecule has 16 heavy (non-hydrogen) atoms. The van der Waals surface area contributed by atoms with Gasteiger partial charge in [-0.25, -0.2) is 9.97 Å². The Hall–Kier alpha value is -1.20. The molecule has 0 amide bonds. The molecule has 0 bridgehead atoms. The Kier molecular flexibility index (Phi) is 5.14. The van der Waals surface area contributed by atoms with Gasteiger partial charge in [0.05, 0.1) is 6.61 Å². The summed E-state index contributed by atoms with van der Waals surface area (Å²) in [5, 5.41) is 0. The number of aryl methyl sites for hydroxylation is 1. The summed E-state index contributed by atoms with van der Waals surface area (Å²) in [6, 6.07) is 0.377.